The van der Waals surface area contributed by atoms with Crippen molar-refractivity contribution >= 4 is 17.6 Å². The quantitative estimate of drug-likeness (QED) is 0.617. The normalized spacial score (nSPS) is 11.6. The summed E-state index contributed by atoms with van der Waals surface area (Å²) in [5.41, 5.74) is 1.14. The number of nitrogens with one attached hydrogen (secondary N) is 1. The summed E-state index contributed by atoms with van der Waals surface area (Å²) in [6.07, 6.45) is 0.657. The van der Waals surface area contributed by atoms with Gasteiger partial charge in [-0.1, -0.05) is 30.3 Å². The van der Waals surface area contributed by atoms with Gasteiger partial charge in [0.1, 0.15) is 11.9 Å². The van der Waals surface area contributed by atoms with Gasteiger partial charge in [-0.3, -0.25) is 14.4 Å². The number of hydrogen-bond donors (Lipinski definition) is 1. The second-order valence-corrected chi connectivity index (χ2v) is 6.71. The highest BCUT2D eigenvalue weighted by Crippen LogP contribution is 2.17. The first kappa shape index (κ1) is 22.3. The van der Waals surface area contributed by atoms with Gasteiger partial charge in [0.2, 0.25) is 11.8 Å². The molecule has 0 aliphatic carbocycles. The Morgan fingerprint density at radius 3 is 2.14 bits per heavy atom. The highest BCUT2D eigenvalue weighted by Gasteiger charge is 2.26. The second-order valence-electron chi connectivity index (χ2n) is 6.71. The monoisotopic (exact) mass is 398 g/mol. The summed E-state index contributed by atoms with van der Waals surface area (Å²) in [5, 5.41) is 2.81. The zero-order valence-corrected chi connectivity index (χ0v) is 16.9. The molecule has 2 amide bonds. The van der Waals surface area contributed by atoms with Crippen LogP contribution in [0.4, 0.5) is 4.39 Å². The largest absolute Gasteiger partial charge is 0.341 e. The predicted molar refractivity (Wildman–Crippen MR) is 110 cm³/mol. The van der Waals surface area contributed by atoms with Gasteiger partial charge in [-0.15, -0.1) is 0 Å². The number of likely N-dealkylation sites (N-methyl/N-ethyl adjacent to an activating group) is 1. The summed E-state index contributed by atoms with van der Waals surface area (Å²) in [4.78, 5) is 39.1. The molecule has 0 aliphatic heterocycles. The third-order valence-corrected chi connectivity index (χ3v) is 4.73. The summed E-state index contributed by atoms with van der Waals surface area (Å²) in [6, 6.07) is 13.7. The van der Waals surface area contributed by atoms with E-state index < -0.39 is 11.9 Å². The van der Waals surface area contributed by atoms with Crippen molar-refractivity contribution in [1.29, 1.82) is 0 Å². The molecule has 0 spiro atoms. The Hall–Kier alpha value is -3.02. The van der Waals surface area contributed by atoms with Crippen LogP contribution in [-0.2, 0) is 9.59 Å². The molecule has 0 aromatic heterocycles. The third-order valence-electron chi connectivity index (χ3n) is 4.73. The van der Waals surface area contributed by atoms with Gasteiger partial charge in [0, 0.05) is 31.5 Å². The van der Waals surface area contributed by atoms with Crippen LogP contribution in [0, 0.1) is 5.82 Å². The summed E-state index contributed by atoms with van der Waals surface area (Å²) in [6.45, 7) is 4.90. The predicted octanol–water partition coefficient (Wildman–Crippen LogP) is 3.90. The average Bonchev–Trinajstić information content (AvgIpc) is 2.73. The van der Waals surface area contributed by atoms with Crippen LogP contribution in [0.1, 0.15) is 55.1 Å². The van der Waals surface area contributed by atoms with E-state index in [1.807, 2.05) is 44.2 Å². The van der Waals surface area contributed by atoms with Gasteiger partial charge in [0.15, 0.2) is 5.78 Å². The highest BCUT2D eigenvalue weighted by atomic mass is 19.1. The Balaban J connectivity index is 1.96. The molecule has 2 aromatic rings. The fourth-order valence-corrected chi connectivity index (χ4v) is 3.07. The molecule has 0 radical (unpaired) electrons. The first-order valence-corrected chi connectivity index (χ1v) is 9.88. The number of Topliss-reactive ketones (excluding diaryl/α,β-unsaturated/α-hetero) is 1. The van der Waals surface area contributed by atoms with E-state index in [9.17, 15) is 18.8 Å². The number of halogens is 1. The Morgan fingerprint density at radius 1 is 0.931 bits per heavy atom. The smallest absolute Gasteiger partial charge is 0.249 e. The molecule has 2 aromatic carbocycles. The van der Waals surface area contributed by atoms with Crippen LogP contribution in [0.15, 0.2) is 54.6 Å². The van der Waals surface area contributed by atoms with Crippen molar-refractivity contribution in [3.63, 3.8) is 0 Å². The van der Waals surface area contributed by atoms with Gasteiger partial charge in [-0.2, -0.15) is 0 Å². The van der Waals surface area contributed by atoms with Gasteiger partial charge < -0.3 is 10.2 Å². The van der Waals surface area contributed by atoms with Crippen molar-refractivity contribution in [3.05, 3.63) is 71.5 Å². The minimum atomic E-state index is -0.753. The molecule has 0 saturated carbocycles. The molecule has 0 fully saturated rings. The van der Waals surface area contributed by atoms with Crippen LogP contribution >= 0.6 is 0 Å². The van der Waals surface area contributed by atoms with E-state index in [4.69, 9.17) is 0 Å². The molecule has 0 bridgehead atoms. The van der Waals surface area contributed by atoms with Crippen molar-refractivity contribution in [2.24, 2.45) is 0 Å². The average molecular weight is 398 g/mol. The molecule has 29 heavy (non-hydrogen) atoms. The van der Waals surface area contributed by atoms with Crippen LogP contribution in [0.25, 0.3) is 0 Å². The topological polar surface area (TPSA) is 66.5 Å². The van der Waals surface area contributed by atoms with E-state index in [2.05, 4.69) is 5.32 Å². The minimum absolute atomic E-state index is 0.127. The van der Waals surface area contributed by atoms with E-state index in [-0.39, 0.29) is 30.4 Å². The molecule has 2 rings (SSSR count). The number of rotatable bonds is 10. The molecular weight excluding hydrogens is 371 g/mol. The van der Waals surface area contributed by atoms with Crippen molar-refractivity contribution < 1.29 is 18.8 Å². The van der Waals surface area contributed by atoms with Crippen LogP contribution in [0.2, 0.25) is 0 Å². The van der Waals surface area contributed by atoms with Gasteiger partial charge >= 0.3 is 0 Å². The number of nitrogens with zero attached hydrogens (tertiary/aromatic N) is 1. The van der Waals surface area contributed by atoms with Crippen LogP contribution in [0.3, 0.4) is 0 Å². The van der Waals surface area contributed by atoms with Crippen LogP contribution in [-0.4, -0.2) is 35.6 Å². The molecule has 154 valence electrons. The molecule has 1 atom stereocenters. The number of carbonyl (C=O) groups excluding carboxylic acids is 3. The maximum absolute atomic E-state index is 12.9. The van der Waals surface area contributed by atoms with E-state index in [1.54, 1.807) is 4.90 Å². The molecule has 0 aliphatic rings. The first-order valence-electron chi connectivity index (χ1n) is 9.88. The minimum Gasteiger partial charge on any atom is -0.341 e. The lowest BCUT2D eigenvalue weighted by molar-refractivity contribution is -0.136. The van der Waals surface area contributed by atoms with E-state index in [1.165, 1.54) is 24.3 Å². The van der Waals surface area contributed by atoms with Gasteiger partial charge in [0.25, 0.3) is 0 Å². The molecular formula is C23H27FN2O3. The Labute approximate surface area is 170 Å². The second kappa shape index (κ2) is 11.1. The first-order chi connectivity index (χ1) is 14.0. The lowest BCUT2D eigenvalue weighted by atomic mass is 10.0. The van der Waals surface area contributed by atoms with E-state index >= 15 is 0 Å². The van der Waals surface area contributed by atoms with Gasteiger partial charge in [-0.05, 0) is 50.1 Å². The fraction of sp³-hybridized carbons (Fsp3) is 0.348. The van der Waals surface area contributed by atoms with Crippen LogP contribution in [0.5, 0.6) is 0 Å². The summed E-state index contributed by atoms with van der Waals surface area (Å²) < 4.78 is 12.9. The molecule has 6 heteroatoms. The van der Waals surface area contributed by atoms with E-state index in [0.717, 1.165) is 5.56 Å². The number of ketones is 1. The maximum atomic E-state index is 12.9. The van der Waals surface area contributed by atoms with Crippen molar-refractivity contribution in [2.45, 2.75) is 39.2 Å². The lowest BCUT2D eigenvalue weighted by Gasteiger charge is -2.26. The number of carbonyl (C=O) groups is 3. The molecule has 0 unspecified atom stereocenters. The lowest BCUT2D eigenvalue weighted by Crippen LogP contribution is -2.42. The standard InChI is InChI=1S/C23H27FN2O3/c1-3-26(4-2)23(29)22(18-9-6-5-7-10-18)25-21(28)12-8-11-20(27)17-13-15-19(24)16-14-17/h5-7,9-10,13-16,22H,3-4,8,11-12H2,1-2H3,(H,25,28)/t22-/m0/s1. The fourth-order valence-electron chi connectivity index (χ4n) is 3.07. The summed E-state index contributed by atoms with van der Waals surface area (Å²) >= 11 is 0. The summed E-state index contributed by atoms with van der Waals surface area (Å²) in [7, 11) is 0. The van der Waals surface area contributed by atoms with Crippen molar-refractivity contribution in [1.82, 2.24) is 10.2 Å². The highest BCUT2D eigenvalue weighted by molar-refractivity contribution is 5.96. The SMILES string of the molecule is CCN(CC)C(=O)[C@@H](NC(=O)CCCC(=O)c1ccc(F)cc1)c1ccccc1. The Morgan fingerprint density at radius 2 is 1.55 bits per heavy atom. The van der Waals surface area contributed by atoms with Crippen molar-refractivity contribution in [3.8, 4) is 0 Å². The van der Waals surface area contributed by atoms with Gasteiger partial charge in [-0.25, -0.2) is 4.39 Å². The van der Waals surface area contributed by atoms with Crippen LogP contribution < -0.4 is 5.32 Å². The number of amides is 2. The number of benzene rings is 2. The number of hydrogen-bond acceptors (Lipinski definition) is 3. The zero-order valence-electron chi connectivity index (χ0n) is 16.9. The molecule has 0 heterocycles. The Kier molecular flexibility index (Phi) is 8.52. The van der Waals surface area contributed by atoms with E-state index in [0.29, 0.717) is 25.1 Å². The molecule has 5 nitrogen and oxygen atoms in total. The van der Waals surface area contributed by atoms with Gasteiger partial charge in [0.05, 0.1) is 0 Å². The Bertz CT molecular complexity index is 818. The molecule has 0 saturated heterocycles. The summed E-state index contributed by atoms with van der Waals surface area (Å²) in [5.74, 6) is -0.981. The van der Waals surface area contributed by atoms with Crippen molar-refractivity contribution in [2.75, 3.05) is 13.1 Å². The third kappa shape index (κ3) is 6.52. The zero-order chi connectivity index (χ0) is 21.2. The molecule has 1 N–H and O–H groups in total. The maximum Gasteiger partial charge on any atom is 0.249 e.